The molecule has 1 saturated heterocycles. The van der Waals surface area contributed by atoms with E-state index in [1.54, 1.807) is 15.8 Å². The minimum Gasteiger partial charge on any atom is -0.378 e. The molecule has 2 aromatic heterocycles. The summed E-state index contributed by atoms with van der Waals surface area (Å²) in [5.41, 5.74) is 0.160. The van der Waals surface area contributed by atoms with Crippen LogP contribution in [0.25, 0.3) is 11.0 Å². The second-order valence-electron chi connectivity index (χ2n) is 6.95. The van der Waals surface area contributed by atoms with E-state index in [-0.39, 0.29) is 23.4 Å². The Hall–Kier alpha value is -2.22. The SMILES string of the molecule is CC(C)(C)n1ncc2c(=O)n(CCC(=O)N3CCOCC3)cnc21. The van der Waals surface area contributed by atoms with Crippen molar-refractivity contribution in [3.8, 4) is 0 Å². The zero-order chi connectivity index (χ0) is 17.3. The molecule has 0 spiro atoms. The van der Waals surface area contributed by atoms with E-state index in [2.05, 4.69) is 10.1 Å². The van der Waals surface area contributed by atoms with Gasteiger partial charge in [0, 0.05) is 26.1 Å². The van der Waals surface area contributed by atoms with Crippen molar-refractivity contribution < 1.29 is 9.53 Å². The number of amides is 1. The molecule has 8 heteroatoms. The lowest BCUT2D eigenvalue weighted by molar-refractivity contribution is -0.135. The number of hydrogen-bond acceptors (Lipinski definition) is 5. The molecular weight excluding hydrogens is 310 g/mol. The Morgan fingerprint density at radius 2 is 2.00 bits per heavy atom. The van der Waals surface area contributed by atoms with Crippen molar-refractivity contribution in [3.05, 3.63) is 22.9 Å². The van der Waals surface area contributed by atoms with Gasteiger partial charge in [-0.25, -0.2) is 9.67 Å². The first-order valence-electron chi connectivity index (χ1n) is 8.17. The molecule has 24 heavy (non-hydrogen) atoms. The molecule has 0 saturated carbocycles. The fourth-order valence-corrected chi connectivity index (χ4v) is 2.79. The zero-order valence-electron chi connectivity index (χ0n) is 14.4. The lowest BCUT2D eigenvalue weighted by atomic mass is 10.1. The van der Waals surface area contributed by atoms with Gasteiger partial charge in [0.15, 0.2) is 5.65 Å². The fourth-order valence-electron chi connectivity index (χ4n) is 2.79. The molecule has 0 aromatic carbocycles. The first-order chi connectivity index (χ1) is 11.4. The number of nitrogens with zero attached hydrogens (tertiary/aromatic N) is 5. The number of carbonyl (C=O) groups excluding carboxylic acids is 1. The molecule has 1 fully saturated rings. The zero-order valence-corrected chi connectivity index (χ0v) is 14.4. The average Bonchev–Trinajstić information content (AvgIpc) is 3.00. The first kappa shape index (κ1) is 16.6. The predicted octanol–water partition coefficient (Wildman–Crippen LogP) is 0.597. The monoisotopic (exact) mass is 333 g/mol. The van der Waals surface area contributed by atoms with Gasteiger partial charge in [-0.3, -0.25) is 14.2 Å². The van der Waals surface area contributed by atoms with E-state index < -0.39 is 0 Å². The number of aromatic nitrogens is 4. The van der Waals surface area contributed by atoms with Gasteiger partial charge >= 0.3 is 0 Å². The summed E-state index contributed by atoms with van der Waals surface area (Å²) in [7, 11) is 0. The van der Waals surface area contributed by atoms with Crippen molar-refractivity contribution >= 4 is 16.9 Å². The minimum absolute atomic E-state index is 0.0377. The Labute approximate surface area is 140 Å². The van der Waals surface area contributed by atoms with Gasteiger partial charge in [-0.05, 0) is 20.8 Å². The van der Waals surface area contributed by atoms with Gasteiger partial charge in [-0.2, -0.15) is 5.10 Å². The van der Waals surface area contributed by atoms with Gasteiger partial charge in [0.2, 0.25) is 5.91 Å². The lowest BCUT2D eigenvalue weighted by Gasteiger charge is -2.26. The molecule has 3 rings (SSSR count). The van der Waals surface area contributed by atoms with Crippen LogP contribution in [-0.2, 0) is 21.6 Å². The van der Waals surface area contributed by atoms with E-state index in [1.807, 2.05) is 20.8 Å². The van der Waals surface area contributed by atoms with E-state index in [9.17, 15) is 9.59 Å². The molecule has 1 aliphatic rings. The van der Waals surface area contributed by atoms with Crippen molar-refractivity contribution in [2.45, 2.75) is 39.3 Å². The van der Waals surface area contributed by atoms with Crippen LogP contribution in [-0.4, -0.2) is 56.4 Å². The molecule has 8 nitrogen and oxygen atoms in total. The Bertz CT molecular complexity index is 796. The third-order valence-electron chi connectivity index (χ3n) is 4.12. The average molecular weight is 333 g/mol. The fraction of sp³-hybridized carbons (Fsp3) is 0.625. The van der Waals surface area contributed by atoms with Crippen molar-refractivity contribution in [2.24, 2.45) is 0 Å². The molecule has 0 unspecified atom stereocenters. The largest absolute Gasteiger partial charge is 0.378 e. The molecule has 1 aliphatic heterocycles. The molecule has 3 heterocycles. The van der Waals surface area contributed by atoms with Crippen LogP contribution in [0, 0.1) is 0 Å². The number of aryl methyl sites for hydroxylation is 1. The van der Waals surface area contributed by atoms with Crippen LogP contribution in [0.15, 0.2) is 17.3 Å². The van der Waals surface area contributed by atoms with E-state index in [0.29, 0.717) is 43.9 Å². The van der Waals surface area contributed by atoms with E-state index in [1.165, 1.54) is 10.9 Å². The van der Waals surface area contributed by atoms with Crippen LogP contribution < -0.4 is 5.56 Å². The second-order valence-corrected chi connectivity index (χ2v) is 6.95. The molecule has 130 valence electrons. The smallest absolute Gasteiger partial charge is 0.264 e. The highest BCUT2D eigenvalue weighted by molar-refractivity contribution is 5.76. The topological polar surface area (TPSA) is 82.2 Å². The van der Waals surface area contributed by atoms with Gasteiger partial charge in [0.25, 0.3) is 5.56 Å². The van der Waals surface area contributed by atoms with Crippen LogP contribution in [0.1, 0.15) is 27.2 Å². The normalized spacial score (nSPS) is 15.9. The van der Waals surface area contributed by atoms with E-state index >= 15 is 0 Å². The Kier molecular flexibility index (Phi) is 4.40. The highest BCUT2D eigenvalue weighted by atomic mass is 16.5. The second kappa shape index (κ2) is 6.35. The van der Waals surface area contributed by atoms with Gasteiger partial charge in [-0.1, -0.05) is 0 Å². The summed E-state index contributed by atoms with van der Waals surface area (Å²) in [5, 5.41) is 4.77. The number of carbonyl (C=O) groups is 1. The third-order valence-corrected chi connectivity index (χ3v) is 4.12. The Morgan fingerprint density at radius 3 is 2.67 bits per heavy atom. The molecule has 0 bridgehead atoms. The summed E-state index contributed by atoms with van der Waals surface area (Å²) in [5.74, 6) is 0.0377. The maximum atomic E-state index is 12.6. The van der Waals surface area contributed by atoms with Crippen molar-refractivity contribution in [3.63, 3.8) is 0 Å². The molecule has 0 atom stereocenters. The Balaban J connectivity index is 1.77. The van der Waals surface area contributed by atoms with Gasteiger partial charge in [0.1, 0.15) is 5.39 Å². The molecule has 0 N–H and O–H groups in total. The molecule has 1 amide bonds. The number of hydrogen-bond donors (Lipinski definition) is 0. The maximum absolute atomic E-state index is 12.6. The summed E-state index contributed by atoms with van der Waals surface area (Å²) in [6.45, 7) is 8.72. The lowest BCUT2D eigenvalue weighted by Crippen LogP contribution is -2.41. The molecular formula is C16H23N5O3. The number of ether oxygens (including phenoxy) is 1. The first-order valence-corrected chi connectivity index (χ1v) is 8.17. The van der Waals surface area contributed by atoms with E-state index in [4.69, 9.17) is 4.74 Å². The van der Waals surface area contributed by atoms with Crippen LogP contribution in [0.3, 0.4) is 0 Å². The summed E-state index contributed by atoms with van der Waals surface area (Å²) < 4.78 is 8.47. The number of morpholine rings is 1. The van der Waals surface area contributed by atoms with Crippen LogP contribution >= 0.6 is 0 Å². The summed E-state index contributed by atoms with van der Waals surface area (Å²) >= 11 is 0. The van der Waals surface area contributed by atoms with Crippen molar-refractivity contribution in [2.75, 3.05) is 26.3 Å². The van der Waals surface area contributed by atoms with Gasteiger partial charge < -0.3 is 9.64 Å². The highest BCUT2D eigenvalue weighted by Crippen LogP contribution is 2.17. The molecule has 0 radical (unpaired) electrons. The maximum Gasteiger partial charge on any atom is 0.264 e. The van der Waals surface area contributed by atoms with Crippen molar-refractivity contribution in [1.29, 1.82) is 0 Å². The van der Waals surface area contributed by atoms with Crippen LogP contribution in [0.4, 0.5) is 0 Å². The van der Waals surface area contributed by atoms with Gasteiger partial charge in [0.05, 0.1) is 31.3 Å². The van der Waals surface area contributed by atoms with Crippen LogP contribution in [0.2, 0.25) is 0 Å². The quantitative estimate of drug-likeness (QED) is 0.821. The highest BCUT2D eigenvalue weighted by Gasteiger charge is 2.20. The molecule has 2 aromatic rings. The summed E-state index contributed by atoms with van der Waals surface area (Å²) in [6, 6.07) is 0. The standard InChI is InChI=1S/C16H23N5O3/c1-16(2,3)21-14-12(10-18-21)15(23)20(11-17-14)5-4-13(22)19-6-8-24-9-7-19/h10-11H,4-9H2,1-3H3. The number of fused-ring (bicyclic) bond motifs is 1. The third kappa shape index (κ3) is 3.19. The van der Waals surface area contributed by atoms with E-state index in [0.717, 1.165) is 0 Å². The minimum atomic E-state index is -0.250. The van der Waals surface area contributed by atoms with Gasteiger partial charge in [-0.15, -0.1) is 0 Å². The summed E-state index contributed by atoms with van der Waals surface area (Å²) in [4.78, 5) is 30.9. The van der Waals surface area contributed by atoms with Crippen LogP contribution in [0.5, 0.6) is 0 Å². The number of rotatable bonds is 3. The molecule has 0 aliphatic carbocycles. The predicted molar refractivity (Wildman–Crippen MR) is 88.8 cm³/mol. The van der Waals surface area contributed by atoms with Crippen molar-refractivity contribution in [1.82, 2.24) is 24.2 Å². The Morgan fingerprint density at radius 1 is 1.29 bits per heavy atom. The summed E-state index contributed by atoms with van der Waals surface area (Å²) in [6.07, 6.45) is 3.33.